The van der Waals surface area contributed by atoms with E-state index in [0.717, 1.165) is 6.54 Å². The Balaban J connectivity index is 1.48. The van der Waals surface area contributed by atoms with E-state index in [4.69, 9.17) is 5.73 Å². The number of nitrogens with one attached hydrogen (secondary N) is 1. The minimum atomic E-state index is 0.104. The molecule has 1 saturated carbocycles. The van der Waals surface area contributed by atoms with Crippen LogP contribution in [0.4, 0.5) is 0 Å². The molecule has 0 saturated heterocycles. The molecule has 0 radical (unpaired) electrons. The highest BCUT2D eigenvalue weighted by Gasteiger charge is 2.37. The Morgan fingerprint density at radius 3 is 2.33 bits per heavy atom. The normalized spacial score (nSPS) is 23.5. The largest absolute Gasteiger partial charge is 0.324 e. The standard InChI is InChI=1S/C19H24N2/c1-14(19(20)16-10-6-3-7-11-16)13-21-18-12-17(18)15-8-4-2-5-9-15/h2-11,14,17-19,21H,12-13,20H2,1H3. The molecule has 1 aliphatic rings. The first-order valence-corrected chi connectivity index (χ1v) is 7.84. The number of hydrogen-bond donors (Lipinski definition) is 2. The molecule has 2 aromatic rings. The Bertz CT molecular complexity index is 552. The second kappa shape index (κ2) is 6.42. The van der Waals surface area contributed by atoms with Gasteiger partial charge in [-0.05, 0) is 30.0 Å². The predicted octanol–water partition coefficient (Wildman–Crippen LogP) is 3.47. The van der Waals surface area contributed by atoms with Crippen molar-refractivity contribution in [1.29, 1.82) is 0 Å². The van der Waals surface area contributed by atoms with Gasteiger partial charge in [0.15, 0.2) is 0 Å². The van der Waals surface area contributed by atoms with E-state index < -0.39 is 0 Å². The Morgan fingerprint density at radius 2 is 1.67 bits per heavy atom. The summed E-state index contributed by atoms with van der Waals surface area (Å²) in [4.78, 5) is 0. The monoisotopic (exact) mass is 280 g/mol. The summed E-state index contributed by atoms with van der Waals surface area (Å²) in [7, 11) is 0. The highest BCUT2D eigenvalue weighted by Crippen LogP contribution is 2.40. The van der Waals surface area contributed by atoms with Crippen molar-refractivity contribution in [3.05, 3.63) is 71.8 Å². The Morgan fingerprint density at radius 1 is 1.05 bits per heavy atom. The van der Waals surface area contributed by atoms with Crippen molar-refractivity contribution in [2.45, 2.75) is 31.3 Å². The number of benzene rings is 2. The zero-order chi connectivity index (χ0) is 14.7. The maximum absolute atomic E-state index is 6.35. The lowest BCUT2D eigenvalue weighted by Crippen LogP contribution is -2.31. The van der Waals surface area contributed by atoms with Crippen molar-refractivity contribution >= 4 is 0 Å². The zero-order valence-corrected chi connectivity index (χ0v) is 12.6. The van der Waals surface area contributed by atoms with Gasteiger partial charge in [-0.15, -0.1) is 0 Å². The first-order chi connectivity index (χ1) is 10.3. The first-order valence-electron chi connectivity index (χ1n) is 7.84. The molecule has 4 unspecified atom stereocenters. The molecule has 0 amide bonds. The van der Waals surface area contributed by atoms with Crippen molar-refractivity contribution < 1.29 is 0 Å². The predicted molar refractivity (Wildman–Crippen MR) is 88.1 cm³/mol. The summed E-state index contributed by atoms with van der Waals surface area (Å²) in [6.45, 7) is 3.20. The minimum absolute atomic E-state index is 0.104. The molecule has 4 atom stereocenters. The van der Waals surface area contributed by atoms with Crippen LogP contribution in [-0.4, -0.2) is 12.6 Å². The first kappa shape index (κ1) is 14.3. The zero-order valence-electron chi connectivity index (χ0n) is 12.6. The third-order valence-corrected chi connectivity index (χ3v) is 4.52. The number of rotatable bonds is 6. The van der Waals surface area contributed by atoms with Crippen LogP contribution in [0, 0.1) is 5.92 Å². The number of nitrogens with two attached hydrogens (primary N) is 1. The molecule has 3 rings (SSSR count). The third kappa shape index (κ3) is 3.52. The molecule has 2 aromatic carbocycles. The summed E-state index contributed by atoms with van der Waals surface area (Å²) >= 11 is 0. The molecule has 3 N–H and O–H groups in total. The molecule has 21 heavy (non-hydrogen) atoms. The van der Waals surface area contributed by atoms with Crippen LogP contribution in [0.15, 0.2) is 60.7 Å². The summed E-state index contributed by atoms with van der Waals surface area (Å²) < 4.78 is 0. The van der Waals surface area contributed by atoms with Crippen molar-refractivity contribution in [2.24, 2.45) is 11.7 Å². The molecule has 110 valence electrons. The maximum Gasteiger partial charge on any atom is 0.0333 e. The summed E-state index contributed by atoms with van der Waals surface area (Å²) in [6.07, 6.45) is 1.25. The highest BCUT2D eigenvalue weighted by molar-refractivity contribution is 5.27. The van der Waals surface area contributed by atoms with Crippen molar-refractivity contribution in [2.75, 3.05) is 6.54 Å². The molecular formula is C19H24N2. The van der Waals surface area contributed by atoms with Crippen LogP contribution in [-0.2, 0) is 0 Å². The average Bonchev–Trinajstić information content (AvgIpc) is 3.33. The van der Waals surface area contributed by atoms with Crippen LogP contribution in [0.2, 0.25) is 0 Å². The molecule has 0 aliphatic heterocycles. The molecule has 1 fully saturated rings. The summed E-state index contributed by atoms with van der Waals surface area (Å²) in [5.74, 6) is 1.12. The summed E-state index contributed by atoms with van der Waals surface area (Å²) in [5.41, 5.74) is 9.03. The maximum atomic E-state index is 6.35. The van der Waals surface area contributed by atoms with Gasteiger partial charge in [0.05, 0.1) is 0 Å². The fraction of sp³-hybridized carbons (Fsp3) is 0.368. The molecular weight excluding hydrogens is 256 g/mol. The lowest BCUT2D eigenvalue weighted by atomic mass is 9.95. The van der Waals surface area contributed by atoms with E-state index in [-0.39, 0.29) is 6.04 Å². The molecule has 2 nitrogen and oxygen atoms in total. The van der Waals surface area contributed by atoms with Gasteiger partial charge in [0.2, 0.25) is 0 Å². The molecule has 0 aromatic heterocycles. The SMILES string of the molecule is CC(CNC1CC1c1ccccc1)C(N)c1ccccc1. The van der Waals surface area contributed by atoms with E-state index in [1.807, 2.05) is 6.07 Å². The van der Waals surface area contributed by atoms with Crippen LogP contribution in [0.1, 0.15) is 36.4 Å². The van der Waals surface area contributed by atoms with Gasteiger partial charge < -0.3 is 11.1 Å². The van der Waals surface area contributed by atoms with Gasteiger partial charge in [-0.1, -0.05) is 67.6 Å². The van der Waals surface area contributed by atoms with Gasteiger partial charge in [-0.2, -0.15) is 0 Å². The van der Waals surface area contributed by atoms with Crippen LogP contribution in [0.25, 0.3) is 0 Å². The van der Waals surface area contributed by atoms with Crippen molar-refractivity contribution in [3.63, 3.8) is 0 Å². The lowest BCUT2D eigenvalue weighted by molar-refractivity contribution is 0.431. The smallest absolute Gasteiger partial charge is 0.0333 e. The van der Waals surface area contributed by atoms with E-state index in [9.17, 15) is 0 Å². The second-order valence-corrected chi connectivity index (χ2v) is 6.18. The van der Waals surface area contributed by atoms with Gasteiger partial charge in [0.1, 0.15) is 0 Å². The van der Waals surface area contributed by atoms with E-state index in [2.05, 4.69) is 66.8 Å². The van der Waals surface area contributed by atoms with E-state index in [1.54, 1.807) is 0 Å². The average molecular weight is 280 g/mol. The van der Waals surface area contributed by atoms with Crippen LogP contribution < -0.4 is 11.1 Å². The Labute approximate surface area is 127 Å². The number of hydrogen-bond acceptors (Lipinski definition) is 2. The fourth-order valence-electron chi connectivity index (χ4n) is 2.96. The summed E-state index contributed by atoms with van der Waals surface area (Å²) in [6, 6.07) is 21.9. The Kier molecular flexibility index (Phi) is 4.37. The molecule has 0 spiro atoms. The molecule has 0 bridgehead atoms. The van der Waals surface area contributed by atoms with Crippen molar-refractivity contribution in [1.82, 2.24) is 5.32 Å². The topological polar surface area (TPSA) is 38.0 Å². The molecule has 0 heterocycles. The van der Waals surface area contributed by atoms with Crippen LogP contribution >= 0.6 is 0 Å². The third-order valence-electron chi connectivity index (χ3n) is 4.52. The van der Waals surface area contributed by atoms with Gasteiger partial charge >= 0.3 is 0 Å². The van der Waals surface area contributed by atoms with Gasteiger partial charge in [-0.3, -0.25) is 0 Å². The fourth-order valence-corrected chi connectivity index (χ4v) is 2.96. The van der Waals surface area contributed by atoms with Gasteiger partial charge in [0.25, 0.3) is 0 Å². The van der Waals surface area contributed by atoms with E-state index >= 15 is 0 Å². The molecule has 1 aliphatic carbocycles. The molecule has 2 heteroatoms. The van der Waals surface area contributed by atoms with Crippen molar-refractivity contribution in [3.8, 4) is 0 Å². The van der Waals surface area contributed by atoms with E-state index in [1.165, 1.54) is 17.5 Å². The van der Waals surface area contributed by atoms with Gasteiger partial charge in [-0.25, -0.2) is 0 Å². The lowest BCUT2D eigenvalue weighted by Gasteiger charge is -2.21. The minimum Gasteiger partial charge on any atom is -0.324 e. The van der Waals surface area contributed by atoms with Gasteiger partial charge in [0, 0.05) is 18.0 Å². The summed E-state index contributed by atoms with van der Waals surface area (Å²) in [5, 5.41) is 3.68. The Hall–Kier alpha value is -1.64. The van der Waals surface area contributed by atoms with E-state index in [0.29, 0.717) is 17.9 Å². The van der Waals surface area contributed by atoms with Crippen LogP contribution in [0.5, 0.6) is 0 Å². The highest BCUT2D eigenvalue weighted by atomic mass is 15.0. The quantitative estimate of drug-likeness (QED) is 0.850. The second-order valence-electron chi connectivity index (χ2n) is 6.18. The van der Waals surface area contributed by atoms with Crippen LogP contribution in [0.3, 0.4) is 0 Å².